The van der Waals surface area contributed by atoms with Crippen LogP contribution in [0.25, 0.3) is 0 Å². The minimum atomic E-state index is 0.260. The molecule has 2 saturated carbocycles. The number of hydrogen-bond acceptors (Lipinski definition) is 2. The Morgan fingerprint density at radius 2 is 1.80 bits per heavy atom. The third kappa shape index (κ3) is 2.21. The summed E-state index contributed by atoms with van der Waals surface area (Å²) < 4.78 is 0. The van der Waals surface area contributed by atoms with Crippen molar-refractivity contribution in [3.8, 4) is 0 Å². The Kier molecular flexibility index (Phi) is 3.36. The maximum absolute atomic E-state index is 6.01. The van der Waals surface area contributed by atoms with Gasteiger partial charge in [0.2, 0.25) is 0 Å². The van der Waals surface area contributed by atoms with Crippen LogP contribution in [0.2, 0.25) is 0 Å². The van der Waals surface area contributed by atoms with Crippen molar-refractivity contribution in [1.29, 1.82) is 0 Å². The number of hydrogen-bond donors (Lipinski definition) is 1. The van der Waals surface area contributed by atoms with Crippen LogP contribution in [0.4, 0.5) is 0 Å². The molecule has 88 valence electrons. The van der Waals surface area contributed by atoms with Crippen LogP contribution in [0.1, 0.15) is 51.9 Å². The number of rotatable bonds is 5. The smallest absolute Gasteiger partial charge is 0.0306 e. The van der Waals surface area contributed by atoms with Crippen LogP contribution in [0.3, 0.4) is 0 Å². The van der Waals surface area contributed by atoms with Gasteiger partial charge in [-0.1, -0.05) is 25.7 Å². The van der Waals surface area contributed by atoms with Crippen molar-refractivity contribution in [2.45, 2.75) is 63.5 Å². The summed E-state index contributed by atoms with van der Waals surface area (Å²) in [6.45, 7) is 3.18. The minimum absolute atomic E-state index is 0.260. The monoisotopic (exact) mass is 210 g/mol. The van der Waals surface area contributed by atoms with Crippen LogP contribution < -0.4 is 5.73 Å². The van der Waals surface area contributed by atoms with Gasteiger partial charge in [-0.05, 0) is 39.2 Å². The Labute approximate surface area is 94.2 Å². The van der Waals surface area contributed by atoms with Gasteiger partial charge in [-0.3, -0.25) is 4.90 Å². The first kappa shape index (κ1) is 11.4. The van der Waals surface area contributed by atoms with Crippen LogP contribution >= 0.6 is 0 Å². The zero-order chi connectivity index (χ0) is 10.9. The number of nitrogens with zero attached hydrogens (tertiary/aromatic N) is 1. The maximum Gasteiger partial charge on any atom is 0.0306 e. The quantitative estimate of drug-likeness (QED) is 0.755. The zero-order valence-corrected chi connectivity index (χ0v) is 10.3. The fourth-order valence-corrected chi connectivity index (χ4v) is 2.90. The molecule has 15 heavy (non-hydrogen) atoms. The predicted molar refractivity (Wildman–Crippen MR) is 64.8 cm³/mol. The first-order valence-corrected chi connectivity index (χ1v) is 6.59. The van der Waals surface area contributed by atoms with Gasteiger partial charge in [0.1, 0.15) is 0 Å². The largest absolute Gasteiger partial charge is 0.329 e. The lowest BCUT2D eigenvalue weighted by atomic mass is 9.75. The highest BCUT2D eigenvalue weighted by atomic mass is 15.2. The molecule has 1 unspecified atom stereocenters. The SMILES string of the molecule is CN(C1CCC1)C(C)(CN)CC1CCC1. The van der Waals surface area contributed by atoms with E-state index in [0.717, 1.165) is 18.5 Å². The Morgan fingerprint density at radius 3 is 2.13 bits per heavy atom. The standard InChI is InChI=1S/C13H26N2/c1-13(10-14,9-11-5-3-6-11)15(2)12-7-4-8-12/h11-12H,3-10,14H2,1-2H3. The normalized spacial score (nSPS) is 27.2. The average molecular weight is 210 g/mol. The van der Waals surface area contributed by atoms with E-state index >= 15 is 0 Å². The van der Waals surface area contributed by atoms with E-state index in [4.69, 9.17) is 5.73 Å². The molecule has 0 aromatic heterocycles. The van der Waals surface area contributed by atoms with E-state index in [1.807, 2.05) is 0 Å². The molecular weight excluding hydrogens is 184 g/mol. The molecule has 0 heterocycles. The van der Waals surface area contributed by atoms with Gasteiger partial charge in [0.05, 0.1) is 0 Å². The molecule has 0 radical (unpaired) electrons. The fourth-order valence-electron chi connectivity index (χ4n) is 2.90. The van der Waals surface area contributed by atoms with Gasteiger partial charge in [-0.15, -0.1) is 0 Å². The predicted octanol–water partition coefficient (Wildman–Crippen LogP) is 2.38. The summed E-state index contributed by atoms with van der Waals surface area (Å²) in [7, 11) is 2.29. The number of likely N-dealkylation sites (N-methyl/N-ethyl adjacent to an activating group) is 1. The third-order valence-corrected chi connectivity index (χ3v) is 4.87. The molecule has 0 bridgehead atoms. The second-order valence-corrected chi connectivity index (χ2v) is 5.90. The molecule has 0 saturated heterocycles. The molecule has 2 fully saturated rings. The van der Waals surface area contributed by atoms with E-state index in [9.17, 15) is 0 Å². The van der Waals surface area contributed by atoms with Gasteiger partial charge in [0.15, 0.2) is 0 Å². The highest BCUT2D eigenvalue weighted by Gasteiger charge is 2.37. The first-order chi connectivity index (χ1) is 7.15. The van der Waals surface area contributed by atoms with Crippen LogP contribution in [0.5, 0.6) is 0 Å². The van der Waals surface area contributed by atoms with E-state index in [1.54, 1.807) is 0 Å². The minimum Gasteiger partial charge on any atom is -0.329 e. The molecule has 2 rings (SSSR count). The van der Waals surface area contributed by atoms with E-state index in [-0.39, 0.29) is 5.54 Å². The second kappa shape index (κ2) is 4.42. The van der Waals surface area contributed by atoms with E-state index < -0.39 is 0 Å². The van der Waals surface area contributed by atoms with Gasteiger partial charge in [-0.2, -0.15) is 0 Å². The molecule has 2 heteroatoms. The third-order valence-electron chi connectivity index (χ3n) is 4.87. The van der Waals surface area contributed by atoms with Crippen molar-refractivity contribution in [1.82, 2.24) is 4.90 Å². The summed E-state index contributed by atoms with van der Waals surface area (Å²) in [5, 5.41) is 0. The van der Waals surface area contributed by atoms with Crippen molar-refractivity contribution < 1.29 is 0 Å². The molecule has 2 aliphatic carbocycles. The van der Waals surface area contributed by atoms with Gasteiger partial charge in [-0.25, -0.2) is 0 Å². The lowest BCUT2D eigenvalue weighted by Crippen LogP contribution is -2.56. The van der Waals surface area contributed by atoms with Crippen molar-refractivity contribution >= 4 is 0 Å². The number of nitrogens with two attached hydrogens (primary N) is 1. The first-order valence-electron chi connectivity index (χ1n) is 6.59. The highest BCUT2D eigenvalue weighted by molar-refractivity contribution is 4.94. The van der Waals surface area contributed by atoms with Crippen molar-refractivity contribution in [3.05, 3.63) is 0 Å². The van der Waals surface area contributed by atoms with E-state index in [2.05, 4.69) is 18.9 Å². The van der Waals surface area contributed by atoms with Gasteiger partial charge in [0, 0.05) is 18.1 Å². The molecule has 0 amide bonds. The summed E-state index contributed by atoms with van der Waals surface area (Å²) in [6.07, 6.45) is 9.82. The summed E-state index contributed by atoms with van der Waals surface area (Å²) >= 11 is 0. The summed E-state index contributed by atoms with van der Waals surface area (Å²) in [4.78, 5) is 2.58. The average Bonchev–Trinajstić information content (AvgIpc) is 2.08. The Morgan fingerprint density at radius 1 is 1.20 bits per heavy atom. The molecule has 2 nitrogen and oxygen atoms in total. The van der Waals surface area contributed by atoms with Crippen LogP contribution in [0, 0.1) is 5.92 Å². The van der Waals surface area contributed by atoms with Crippen molar-refractivity contribution in [2.75, 3.05) is 13.6 Å². The maximum atomic E-state index is 6.01. The van der Waals surface area contributed by atoms with E-state index in [0.29, 0.717) is 0 Å². The summed E-state index contributed by atoms with van der Waals surface area (Å²) in [5.41, 5.74) is 6.27. The van der Waals surface area contributed by atoms with Crippen LogP contribution in [-0.4, -0.2) is 30.1 Å². The van der Waals surface area contributed by atoms with Crippen molar-refractivity contribution in [2.24, 2.45) is 11.7 Å². The van der Waals surface area contributed by atoms with Crippen LogP contribution in [0.15, 0.2) is 0 Å². The van der Waals surface area contributed by atoms with E-state index in [1.165, 1.54) is 44.9 Å². The molecule has 2 aliphatic rings. The zero-order valence-electron chi connectivity index (χ0n) is 10.3. The van der Waals surface area contributed by atoms with Gasteiger partial charge < -0.3 is 5.73 Å². The van der Waals surface area contributed by atoms with Crippen LogP contribution in [-0.2, 0) is 0 Å². The highest BCUT2D eigenvalue weighted by Crippen LogP contribution is 2.38. The summed E-state index contributed by atoms with van der Waals surface area (Å²) in [6, 6.07) is 0.818. The molecule has 0 aromatic carbocycles. The molecule has 0 aliphatic heterocycles. The molecule has 0 aromatic rings. The molecular formula is C13H26N2. The topological polar surface area (TPSA) is 29.3 Å². The second-order valence-electron chi connectivity index (χ2n) is 5.90. The van der Waals surface area contributed by atoms with Crippen molar-refractivity contribution in [3.63, 3.8) is 0 Å². The van der Waals surface area contributed by atoms with Gasteiger partial charge in [0.25, 0.3) is 0 Å². The lowest BCUT2D eigenvalue weighted by molar-refractivity contribution is 0.0236. The Bertz CT molecular complexity index is 209. The molecule has 0 spiro atoms. The Balaban J connectivity index is 1.91. The lowest BCUT2D eigenvalue weighted by Gasteiger charge is -2.49. The molecule has 1 atom stereocenters. The fraction of sp³-hybridized carbons (Fsp3) is 1.00. The molecule has 2 N–H and O–H groups in total. The Hall–Kier alpha value is -0.0800. The summed E-state index contributed by atoms with van der Waals surface area (Å²) in [5.74, 6) is 0.959. The van der Waals surface area contributed by atoms with Gasteiger partial charge >= 0.3 is 0 Å².